The van der Waals surface area contributed by atoms with Gasteiger partial charge in [0.15, 0.2) is 0 Å². The smallest absolute Gasteiger partial charge is 0.239 e. The van der Waals surface area contributed by atoms with Crippen LogP contribution in [0.15, 0.2) is 12.1 Å². The third kappa shape index (κ3) is 5.38. The largest absolute Gasteiger partial charge is 0.339 e. The summed E-state index contributed by atoms with van der Waals surface area (Å²) in [6.07, 6.45) is 0.743. The summed E-state index contributed by atoms with van der Waals surface area (Å²) < 4.78 is 0. The minimum absolute atomic E-state index is 0. The van der Waals surface area contributed by atoms with Crippen LogP contribution >= 0.6 is 23.7 Å². The maximum atomic E-state index is 12.0. The molecule has 0 saturated heterocycles. The molecule has 1 aromatic heterocycles. The van der Waals surface area contributed by atoms with E-state index in [1.54, 1.807) is 16.2 Å². The van der Waals surface area contributed by atoms with Crippen molar-refractivity contribution in [3.05, 3.63) is 21.9 Å². The lowest BCUT2D eigenvalue weighted by Gasteiger charge is -2.21. The van der Waals surface area contributed by atoms with E-state index in [9.17, 15) is 4.79 Å². The Balaban J connectivity index is 0.00000289. The number of hydrogen-bond acceptors (Lipinski definition) is 3. The van der Waals surface area contributed by atoms with E-state index in [0.29, 0.717) is 12.5 Å². The van der Waals surface area contributed by atoms with Gasteiger partial charge in [0.25, 0.3) is 0 Å². The molecule has 1 heterocycles. The maximum absolute atomic E-state index is 12.0. The van der Waals surface area contributed by atoms with Crippen LogP contribution in [0.3, 0.4) is 0 Å². The number of hydrogen-bond donors (Lipinski definition) is 1. The summed E-state index contributed by atoms with van der Waals surface area (Å²) in [5.41, 5.74) is 5.89. The molecule has 0 aliphatic rings. The molecule has 0 aromatic carbocycles. The second-order valence-corrected chi connectivity index (χ2v) is 6.32. The molecule has 1 aromatic rings. The molecule has 0 aliphatic heterocycles. The Morgan fingerprint density at radius 1 is 1.44 bits per heavy atom. The minimum Gasteiger partial charge on any atom is -0.339 e. The Hall–Kier alpha value is -0.580. The lowest BCUT2D eigenvalue weighted by Crippen LogP contribution is -2.42. The molecular weight excluding hydrogens is 268 g/mol. The van der Waals surface area contributed by atoms with Crippen molar-refractivity contribution < 1.29 is 4.79 Å². The number of nitrogens with two attached hydrogens (primary N) is 1. The Bertz CT molecular complexity index is 379. The van der Waals surface area contributed by atoms with E-state index < -0.39 is 0 Å². The van der Waals surface area contributed by atoms with Crippen LogP contribution in [-0.4, -0.2) is 23.9 Å². The van der Waals surface area contributed by atoms with Crippen molar-refractivity contribution >= 4 is 29.7 Å². The average molecular weight is 291 g/mol. The van der Waals surface area contributed by atoms with Crippen molar-refractivity contribution in [2.45, 2.75) is 39.8 Å². The molecule has 1 rings (SSSR count). The van der Waals surface area contributed by atoms with E-state index in [-0.39, 0.29) is 24.4 Å². The summed E-state index contributed by atoms with van der Waals surface area (Å²) >= 11 is 1.72. The number of likely N-dealkylation sites (N-methyl/N-ethyl adjacent to an activating group) is 1. The van der Waals surface area contributed by atoms with Crippen molar-refractivity contribution in [2.75, 3.05) is 7.05 Å². The fourth-order valence-corrected chi connectivity index (χ4v) is 2.72. The standard InChI is InChI=1S/C13H22N2OS.ClH/c1-9(2)7-12(14)13(16)15(4)8-11-6-5-10(3)17-11;/h5-6,9,12H,7-8,14H2,1-4H3;1H/t12-;/m0./s1. The second-order valence-electron chi connectivity index (χ2n) is 4.94. The zero-order chi connectivity index (χ0) is 13.0. The zero-order valence-corrected chi connectivity index (χ0v) is 13.1. The van der Waals surface area contributed by atoms with E-state index >= 15 is 0 Å². The molecule has 0 saturated carbocycles. The lowest BCUT2D eigenvalue weighted by atomic mass is 10.0. The van der Waals surface area contributed by atoms with Gasteiger partial charge in [0.2, 0.25) is 5.91 Å². The van der Waals surface area contributed by atoms with Crippen LogP contribution in [0.1, 0.15) is 30.0 Å². The number of aryl methyl sites for hydroxylation is 1. The van der Waals surface area contributed by atoms with Crippen molar-refractivity contribution in [3.8, 4) is 0 Å². The van der Waals surface area contributed by atoms with E-state index in [4.69, 9.17) is 5.73 Å². The number of rotatable bonds is 5. The molecule has 0 fully saturated rings. The Morgan fingerprint density at radius 3 is 2.50 bits per heavy atom. The SMILES string of the molecule is Cc1ccc(CN(C)C(=O)[C@@H](N)CC(C)C)s1.Cl. The monoisotopic (exact) mass is 290 g/mol. The van der Waals surface area contributed by atoms with Crippen LogP contribution in [0, 0.1) is 12.8 Å². The van der Waals surface area contributed by atoms with Gasteiger partial charge in [-0.25, -0.2) is 0 Å². The van der Waals surface area contributed by atoms with E-state index in [1.165, 1.54) is 9.75 Å². The number of carbonyl (C=O) groups is 1. The molecule has 5 heteroatoms. The lowest BCUT2D eigenvalue weighted by molar-refractivity contribution is -0.132. The minimum atomic E-state index is -0.374. The highest BCUT2D eigenvalue weighted by Gasteiger charge is 2.19. The first-order valence-corrected chi connectivity index (χ1v) is 6.77. The Kier molecular flexibility index (Phi) is 7.52. The molecule has 0 radical (unpaired) electrons. The molecule has 0 bridgehead atoms. The molecule has 3 nitrogen and oxygen atoms in total. The third-order valence-electron chi connectivity index (χ3n) is 2.61. The van der Waals surface area contributed by atoms with Gasteiger partial charge in [0.05, 0.1) is 12.6 Å². The van der Waals surface area contributed by atoms with Gasteiger partial charge in [-0.05, 0) is 31.4 Å². The van der Waals surface area contributed by atoms with Crippen LogP contribution in [0.25, 0.3) is 0 Å². The summed E-state index contributed by atoms with van der Waals surface area (Å²) in [6, 6.07) is 3.77. The maximum Gasteiger partial charge on any atom is 0.239 e. The topological polar surface area (TPSA) is 46.3 Å². The highest BCUT2D eigenvalue weighted by molar-refractivity contribution is 7.11. The normalized spacial score (nSPS) is 12.1. The molecule has 104 valence electrons. The average Bonchev–Trinajstić information content (AvgIpc) is 2.61. The second kappa shape index (κ2) is 7.77. The molecule has 0 unspecified atom stereocenters. The van der Waals surface area contributed by atoms with Gasteiger partial charge in [0.1, 0.15) is 0 Å². The quantitative estimate of drug-likeness (QED) is 0.906. The van der Waals surface area contributed by atoms with Gasteiger partial charge in [-0.3, -0.25) is 4.79 Å². The van der Waals surface area contributed by atoms with Crippen LogP contribution < -0.4 is 5.73 Å². The predicted octanol–water partition coefficient (Wildman–Crippen LogP) is 2.81. The van der Waals surface area contributed by atoms with Crippen LogP contribution in [0.5, 0.6) is 0 Å². The first-order valence-electron chi connectivity index (χ1n) is 5.96. The van der Waals surface area contributed by atoms with E-state index in [0.717, 1.165) is 6.42 Å². The number of nitrogens with zero attached hydrogens (tertiary/aromatic N) is 1. The number of amides is 1. The summed E-state index contributed by atoms with van der Waals surface area (Å²) in [5, 5.41) is 0. The molecule has 1 atom stereocenters. The fraction of sp³-hybridized carbons (Fsp3) is 0.615. The molecule has 0 aliphatic carbocycles. The van der Waals surface area contributed by atoms with Crippen molar-refractivity contribution in [3.63, 3.8) is 0 Å². The highest BCUT2D eigenvalue weighted by atomic mass is 35.5. The van der Waals surface area contributed by atoms with Gasteiger partial charge < -0.3 is 10.6 Å². The molecule has 2 N–H and O–H groups in total. The Labute approximate surface area is 120 Å². The van der Waals surface area contributed by atoms with Crippen molar-refractivity contribution in [2.24, 2.45) is 11.7 Å². The van der Waals surface area contributed by atoms with Gasteiger partial charge in [0, 0.05) is 16.8 Å². The zero-order valence-electron chi connectivity index (χ0n) is 11.5. The summed E-state index contributed by atoms with van der Waals surface area (Å²) in [6.45, 7) is 6.88. The van der Waals surface area contributed by atoms with Gasteiger partial charge in [-0.15, -0.1) is 23.7 Å². The Morgan fingerprint density at radius 2 is 2.06 bits per heavy atom. The highest BCUT2D eigenvalue weighted by Crippen LogP contribution is 2.17. The first kappa shape index (κ1) is 17.4. The summed E-state index contributed by atoms with van der Waals surface area (Å²) in [5.74, 6) is 0.482. The molecule has 0 spiro atoms. The van der Waals surface area contributed by atoms with E-state index in [1.807, 2.05) is 7.05 Å². The summed E-state index contributed by atoms with van der Waals surface area (Å²) in [4.78, 5) is 16.2. The first-order chi connectivity index (χ1) is 7.90. The van der Waals surface area contributed by atoms with E-state index in [2.05, 4.69) is 32.9 Å². The van der Waals surface area contributed by atoms with Crippen LogP contribution in [0.2, 0.25) is 0 Å². The van der Waals surface area contributed by atoms with Crippen LogP contribution in [0.4, 0.5) is 0 Å². The molecule has 1 amide bonds. The molecular formula is C13H23ClN2OS. The van der Waals surface area contributed by atoms with Crippen molar-refractivity contribution in [1.29, 1.82) is 0 Å². The molecule has 18 heavy (non-hydrogen) atoms. The van der Waals surface area contributed by atoms with Gasteiger partial charge in [-0.1, -0.05) is 13.8 Å². The third-order valence-corrected chi connectivity index (χ3v) is 3.59. The predicted molar refractivity (Wildman–Crippen MR) is 80.2 cm³/mol. The van der Waals surface area contributed by atoms with Crippen LogP contribution in [-0.2, 0) is 11.3 Å². The van der Waals surface area contributed by atoms with Gasteiger partial charge in [-0.2, -0.15) is 0 Å². The number of carbonyl (C=O) groups excluding carboxylic acids is 1. The number of halogens is 1. The fourth-order valence-electron chi connectivity index (χ4n) is 1.77. The van der Waals surface area contributed by atoms with Crippen molar-refractivity contribution in [1.82, 2.24) is 4.90 Å². The number of thiophene rings is 1. The summed E-state index contributed by atoms with van der Waals surface area (Å²) in [7, 11) is 1.82. The van der Waals surface area contributed by atoms with Gasteiger partial charge >= 0.3 is 0 Å².